The highest BCUT2D eigenvalue weighted by molar-refractivity contribution is 9.10. The molecule has 0 aliphatic carbocycles. The van der Waals surface area contributed by atoms with Gasteiger partial charge < -0.3 is 9.64 Å². The van der Waals surface area contributed by atoms with Gasteiger partial charge in [-0.25, -0.2) is 0 Å². The molecule has 0 aliphatic rings. The Morgan fingerprint density at radius 2 is 1.79 bits per heavy atom. The van der Waals surface area contributed by atoms with E-state index < -0.39 is 0 Å². The molecule has 0 aliphatic heterocycles. The number of halogens is 1. The lowest BCUT2D eigenvalue weighted by atomic mass is 10.2. The lowest BCUT2D eigenvalue weighted by Gasteiger charge is -2.13. The molecule has 0 radical (unpaired) electrons. The molecule has 0 unspecified atom stereocenters. The van der Waals surface area contributed by atoms with Crippen molar-refractivity contribution in [2.24, 2.45) is 0 Å². The quantitative estimate of drug-likeness (QED) is 0.823. The van der Waals surface area contributed by atoms with Crippen LogP contribution in [0.3, 0.4) is 0 Å². The zero-order valence-electron chi connectivity index (χ0n) is 11.3. The third-order valence-electron chi connectivity index (χ3n) is 2.75. The standard InChI is InChI=1S/C16H18BrNO/c1-18(2)11-14-10-15(8-9-16(14)17)19-12-13-6-4-3-5-7-13/h3-10H,11-12H2,1-2H3. The van der Waals surface area contributed by atoms with Gasteiger partial charge in [-0.05, 0) is 43.4 Å². The summed E-state index contributed by atoms with van der Waals surface area (Å²) < 4.78 is 6.95. The lowest BCUT2D eigenvalue weighted by Crippen LogP contribution is -2.11. The molecule has 0 saturated heterocycles. The summed E-state index contributed by atoms with van der Waals surface area (Å²) in [4.78, 5) is 2.14. The Morgan fingerprint density at radius 3 is 2.47 bits per heavy atom. The van der Waals surface area contributed by atoms with Crippen molar-refractivity contribution in [2.45, 2.75) is 13.2 Å². The number of ether oxygens (including phenoxy) is 1. The molecule has 0 N–H and O–H groups in total. The molecular weight excluding hydrogens is 302 g/mol. The van der Waals surface area contributed by atoms with Crippen LogP contribution in [0.15, 0.2) is 53.0 Å². The van der Waals surface area contributed by atoms with E-state index in [0.717, 1.165) is 16.8 Å². The van der Waals surface area contributed by atoms with E-state index in [4.69, 9.17) is 4.74 Å². The summed E-state index contributed by atoms with van der Waals surface area (Å²) >= 11 is 3.57. The molecule has 0 aromatic heterocycles. The van der Waals surface area contributed by atoms with Gasteiger partial charge in [0.2, 0.25) is 0 Å². The maximum atomic E-state index is 5.83. The van der Waals surface area contributed by atoms with E-state index in [-0.39, 0.29) is 0 Å². The first kappa shape index (κ1) is 14.1. The Kier molecular flexibility index (Phi) is 5.00. The van der Waals surface area contributed by atoms with Crippen molar-refractivity contribution in [1.29, 1.82) is 0 Å². The maximum absolute atomic E-state index is 5.83. The minimum absolute atomic E-state index is 0.601. The summed E-state index contributed by atoms with van der Waals surface area (Å²) in [6.07, 6.45) is 0. The molecule has 100 valence electrons. The van der Waals surface area contributed by atoms with E-state index in [0.29, 0.717) is 6.61 Å². The molecule has 2 nitrogen and oxygen atoms in total. The highest BCUT2D eigenvalue weighted by atomic mass is 79.9. The fourth-order valence-electron chi connectivity index (χ4n) is 1.84. The normalized spacial score (nSPS) is 10.7. The average Bonchev–Trinajstić information content (AvgIpc) is 2.40. The Labute approximate surface area is 123 Å². The smallest absolute Gasteiger partial charge is 0.120 e. The van der Waals surface area contributed by atoms with Gasteiger partial charge >= 0.3 is 0 Å². The van der Waals surface area contributed by atoms with Gasteiger partial charge in [0.15, 0.2) is 0 Å². The highest BCUT2D eigenvalue weighted by Gasteiger charge is 2.04. The summed E-state index contributed by atoms with van der Waals surface area (Å²) in [5, 5.41) is 0. The van der Waals surface area contributed by atoms with E-state index in [1.165, 1.54) is 11.1 Å². The van der Waals surface area contributed by atoms with Crippen LogP contribution in [0.2, 0.25) is 0 Å². The molecule has 2 rings (SSSR count). The van der Waals surface area contributed by atoms with Crippen LogP contribution in [0.4, 0.5) is 0 Å². The third-order valence-corrected chi connectivity index (χ3v) is 3.53. The van der Waals surface area contributed by atoms with Gasteiger partial charge in [0.1, 0.15) is 12.4 Å². The summed E-state index contributed by atoms with van der Waals surface area (Å²) in [6.45, 7) is 1.49. The zero-order valence-corrected chi connectivity index (χ0v) is 12.9. The largest absolute Gasteiger partial charge is 0.489 e. The van der Waals surface area contributed by atoms with Crippen LogP contribution in [0, 0.1) is 0 Å². The van der Waals surface area contributed by atoms with Gasteiger partial charge in [-0.1, -0.05) is 46.3 Å². The molecule has 3 heteroatoms. The minimum Gasteiger partial charge on any atom is -0.489 e. The van der Waals surface area contributed by atoms with Gasteiger partial charge in [-0.2, -0.15) is 0 Å². The van der Waals surface area contributed by atoms with E-state index >= 15 is 0 Å². The molecular formula is C16H18BrNO. The molecule has 0 bridgehead atoms. The van der Waals surface area contributed by atoms with Crippen molar-refractivity contribution >= 4 is 15.9 Å². The van der Waals surface area contributed by atoms with Crippen LogP contribution in [0.25, 0.3) is 0 Å². The first-order valence-corrected chi connectivity index (χ1v) is 7.04. The van der Waals surface area contributed by atoms with Gasteiger partial charge in [0.05, 0.1) is 0 Å². The van der Waals surface area contributed by atoms with Crippen LogP contribution >= 0.6 is 15.9 Å². The Balaban J connectivity index is 2.04. The fourth-order valence-corrected chi connectivity index (χ4v) is 2.22. The predicted octanol–water partition coefficient (Wildman–Crippen LogP) is 4.09. The first-order valence-electron chi connectivity index (χ1n) is 6.25. The molecule has 0 amide bonds. The second-order valence-corrected chi connectivity index (χ2v) is 5.62. The van der Waals surface area contributed by atoms with Crippen molar-refractivity contribution in [1.82, 2.24) is 4.90 Å². The average molecular weight is 320 g/mol. The molecule has 0 spiro atoms. The van der Waals surface area contributed by atoms with Crippen molar-refractivity contribution in [3.05, 3.63) is 64.1 Å². The van der Waals surface area contributed by atoms with Gasteiger partial charge in [-0.3, -0.25) is 0 Å². The second kappa shape index (κ2) is 6.73. The number of benzene rings is 2. The SMILES string of the molecule is CN(C)Cc1cc(OCc2ccccc2)ccc1Br. The predicted molar refractivity (Wildman–Crippen MR) is 82.3 cm³/mol. The van der Waals surface area contributed by atoms with Crippen LogP contribution < -0.4 is 4.74 Å². The lowest BCUT2D eigenvalue weighted by molar-refractivity contribution is 0.305. The molecule has 0 fully saturated rings. The van der Waals surface area contributed by atoms with Crippen molar-refractivity contribution in [2.75, 3.05) is 14.1 Å². The highest BCUT2D eigenvalue weighted by Crippen LogP contribution is 2.24. The molecule has 2 aromatic rings. The van der Waals surface area contributed by atoms with Gasteiger partial charge in [0, 0.05) is 11.0 Å². The van der Waals surface area contributed by atoms with Crippen LogP contribution in [-0.4, -0.2) is 19.0 Å². The maximum Gasteiger partial charge on any atom is 0.120 e. The Hall–Kier alpha value is -1.32. The minimum atomic E-state index is 0.601. The van der Waals surface area contributed by atoms with E-state index in [9.17, 15) is 0 Å². The third kappa shape index (κ3) is 4.37. The fraction of sp³-hybridized carbons (Fsp3) is 0.250. The van der Waals surface area contributed by atoms with E-state index in [2.05, 4.69) is 53.1 Å². The summed E-state index contributed by atoms with van der Waals surface area (Å²) in [5.74, 6) is 0.906. The molecule has 0 saturated carbocycles. The van der Waals surface area contributed by atoms with Crippen LogP contribution in [0.1, 0.15) is 11.1 Å². The van der Waals surface area contributed by atoms with Crippen molar-refractivity contribution < 1.29 is 4.74 Å². The summed E-state index contributed by atoms with van der Waals surface area (Å²) in [6, 6.07) is 16.3. The second-order valence-electron chi connectivity index (χ2n) is 4.77. The molecule has 0 atom stereocenters. The van der Waals surface area contributed by atoms with Crippen molar-refractivity contribution in [3.8, 4) is 5.75 Å². The number of hydrogen-bond acceptors (Lipinski definition) is 2. The van der Waals surface area contributed by atoms with Crippen LogP contribution in [-0.2, 0) is 13.2 Å². The first-order chi connectivity index (χ1) is 9.15. The summed E-state index contributed by atoms with van der Waals surface area (Å²) in [5.41, 5.74) is 2.41. The molecule has 19 heavy (non-hydrogen) atoms. The monoisotopic (exact) mass is 319 g/mol. The Bertz CT molecular complexity index is 526. The van der Waals surface area contributed by atoms with Crippen LogP contribution in [0.5, 0.6) is 5.75 Å². The molecule has 0 heterocycles. The summed E-state index contributed by atoms with van der Waals surface area (Å²) in [7, 11) is 4.12. The van der Waals surface area contributed by atoms with E-state index in [1.54, 1.807) is 0 Å². The number of nitrogens with zero attached hydrogens (tertiary/aromatic N) is 1. The van der Waals surface area contributed by atoms with Gasteiger partial charge in [0.25, 0.3) is 0 Å². The topological polar surface area (TPSA) is 12.5 Å². The zero-order chi connectivity index (χ0) is 13.7. The van der Waals surface area contributed by atoms with Crippen molar-refractivity contribution in [3.63, 3.8) is 0 Å². The number of hydrogen-bond donors (Lipinski definition) is 0. The number of rotatable bonds is 5. The Morgan fingerprint density at radius 1 is 1.05 bits per heavy atom. The van der Waals surface area contributed by atoms with E-state index in [1.807, 2.05) is 30.3 Å². The molecule has 2 aromatic carbocycles. The van der Waals surface area contributed by atoms with Gasteiger partial charge in [-0.15, -0.1) is 0 Å².